The van der Waals surface area contributed by atoms with Crippen molar-refractivity contribution in [3.63, 3.8) is 0 Å². The van der Waals surface area contributed by atoms with Gasteiger partial charge >= 0.3 is 0 Å². The van der Waals surface area contributed by atoms with Crippen molar-refractivity contribution in [3.05, 3.63) is 51.7 Å². The maximum absolute atomic E-state index is 13.1. The minimum atomic E-state index is 0.0919. The van der Waals surface area contributed by atoms with Crippen LogP contribution in [-0.4, -0.2) is 48.6 Å². The third kappa shape index (κ3) is 3.77. The lowest BCUT2D eigenvalue weighted by atomic mass is 10.2. The highest BCUT2D eigenvalue weighted by Gasteiger charge is 2.26. The summed E-state index contributed by atoms with van der Waals surface area (Å²) in [5.41, 5.74) is 3.01. The number of nitrogens with zero attached hydrogens (tertiary/aromatic N) is 3. The fourth-order valence-electron chi connectivity index (χ4n) is 3.39. The van der Waals surface area contributed by atoms with Gasteiger partial charge in [0.25, 0.3) is 5.91 Å². The lowest BCUT2D eigenvalue weighted by Gasteiger charge is -2.36. The van der Waals surface area contributed by atoms with Crippen molar-refractivity contribution >= 4 is 34.3 Å². The van der Waals surface area contributed by atoms with Gasteiger partial charge in [-0.3, -0.25) is 4.79 Å². The SMILES string of the molecule is CCOc1ccccc1N1CCN(C(=O)c2sc(-c3ccsc3)nc2C)CC1. The number of thiazole rings is 1. The molecular formula is C21H23N3O2S2. The summed E-state index contributed by atoms with van der Waals surface area (Å²) < 4.78 is 5.76. The van der Waals surface area contributed by atoms with Crippen LogP contribution in [0.25, 0.3) is 10.6 Å². The first-order chi connectivity index (χ1) is 13.7. The molecule has 146 valence electrons. The van der Waals surface area contributed by atoms with Gasteiger partial charge in [0.15, 0.2) is 0 Å². The van der Waals surface area contributed by atoms with Crippen molar-refractivity contribution in [1.82, 2.24) is 9.88 Å². The Labute approximate surface area is 173 Å². The van der Waals surface area contributed by atoms with E-state index in [2.05, 4.69) is 21.3 Å². The molecule has 0 spiro atoms. The molecular weight excluding hydrogens is 390 g/mol. The van der Waals surface area contributed by atoms with Crippen molar-refractivity contribution in [3.8, 4) is 16.3 Å². The summed E-state index contributed by atoms with van der Waals surface area (Å²) in [5.74, 6) is 0.998. The van der Waals surface area contributed by atoms with E-state index in [-0.39, 0.29) is 5.91 Å². The van der Waals surface area contributed by atoms with E-state index >= 15 is 0 Å². The van der Waals surface area contributed by atoms with Crippen LogP contribution < -0.4 is 9.64 Å². The van der Waals surface area contributed by atoms with Gasteiger partial charge in [-0.15, -0.1) is 11.3 Å². The topological polar surface area (TPSA) is 45.7 Å². The summed E-state index contributed by atoms with van der Waals surface area (Å²) in [6.07, 6.45) is 0. The lowest BCUT2D eigenvalue weighted by Crippen LogP contribution is -2.48. The normalized spacial score (nSPS) is 14.4. The second-order valence-electron chi connectivity index (χ2n) is 6.63. The molecule has 5 nitrogen and oxygen atoms in total. The Balaban J connectivity index is 1.45. The molecule has 0 atom stereocenters. The van der Waals surface area contributed by atoms with Gasteiger partial charge in [-0.05, 0) is 37.4 Å². The average Bonchev–Trinajstić information content (AvgIpc) is 3.38. The summed E-state index contributed by atoms with van der Waals surface area (Å²) in [6, 6.07) is 10.2. The molecule has 28 heavy (non-hydrogen) atoms. The number of carbonyl (C=O) groups is 1. The number of hydrogen-bond acceptors (Lipinski definition) is 6. The fraction of sp³-hybridized carbons (Fsp3) is 0.333. The monoisotopic (exact) mass is 413 g/mol. The van der Waals surface area contributed by atoms with Gasteiger partial charge < -0.3 is 14.5 Å². The number of hydrogen-bond donors (Lipinski definition) is 0. The first-order valence-corrected chi connectivity index (χ1v) is 11.2. The number of piperazine rings is 1. The van der Waals surface area contributed by atoms with Gasteiger partial charge in [0.2, 0.25) is 0 Å². The number of carbonyl (C=O) groups excluding carboxylic acids is 1. The average molecular weight is 414 g/mol. The fourth-order valence-corrected chi connectivity index (χ4v) is 5.14. The van der Waals surface area contributed by atoms with Crippen molar-refractivity contribution in [1.29, 1.82) is 0 Å². The van der Waals surface area contributed by atoms with Crippen LogP contribution in [-0.2, 0) is 0 Å². The molecule has 1 amide bonds. The van der Waals surface area contributed by atoms with E-state index in [4.69, 9.17) is 4.74 Å². The highest BCUT2D eigenvalue weighted by molar-refractivity contribution is 7.17. The minimum Gasteiger partial charge on any atom is -0.492 e. The summed E-state index contributed by atoms with van der Waals surface area (Å²) in [5, 5.41) is 5.03. The number of amides is 1. The zero-order valence-corrected chi connectivity index (χ0v) is 17.7. The van der Waals surface area contributed by atoms with Gasteiger partial charge in [-0.1, -0.05) is 12.1 Å². The first-order valence-electron chi connectivity index (χ1n) is 9.43. The van der Waals surface area contributed by atoms with Crippen molar-refractivity contribution < 1.29 is 9.53 Å². The van der Waals surface area contributed by atoms with Crippen LogP contribution in [0, 0.1) is 6.92 Å². The second-order valence-corrected chi connectivity index (χ2v) is 8.40. The van der Waals surface area contributed by atoms with E-state index in [0.29, 0.717) is 19.7 Å². The molecule has 1 saturated heterocycles. The van der Waals surface area contributed by atoms with Crippen molar-refractivity contribution in [2.24, 2.45) is 0 Å². The van der Waals surface area contributed by atoms with Gasteiger partial charge in [0.05, 0.1) is 18.0 Å². The molecule has 0 N–H and O–H groups in total. The predicted octanol–water partition coefficient (Wildman–Crippen LogP) is 4.54. The highest BCUT2D eigenvalue weighted by atomic mass is 32.1. The maximum Gasteiger partial charge on any atom is 0.265 e. The van der Waals surface area contributed by atoms with Crippen LogP contribution >= 0.6 is 22.7 Å². The molecule has 3 aromatic rings. The largest absolute Gasteiger partial charge is 0.492 e. The quantitative estimate of drug-likeness (QED) is 0.616. The molecule has 1 aliphatic rings. The Morgan fingerprint density at radius 2 is 1.96 bits per heavy atom. The number of aryl methyl sites for hydroxylation is 1. The summed E-state index contributed by atoms with van der Waals surface area (Å²) >= 11 is 3.14. The van der Waals surface area contributed by atoms with E-state index in [1.807, 2.05) is 48.4 Å². The molecule has 0 bridgehead atoms. The molecule has 1 aliphatic heterocycles. The summed E-state index contributed by atoms with van der Waals surface area (Å²) in [7, 11) is 0. The Hall–Kier alpha value is -2.38. The Kier molecular flexibility index (Phi) is 5.64. The standard InChI is InChI=1S/C21H23N3O2S2/c1-3-26-18-7-5-4-6-17(18)23-9-11-24(12-10-23)21(25)19-15(2)22-20(28-19)16-8-13-27-14-16/h4-8,13-14H,3,9-12H2,1-2H3. The number of thiophene rings is 1. The minimum absolute atomic E-state index is 0.0919. The molecule has 0 saturated carbocycles. The van der Waals surface area contributed by atoms with E-state index in [9.17, 15) is 4.79 Å². The van der Waals surface area contributed by atoms with Crippen LogP contribution in [0.5, 0.6) is 5.75 Å². The van der Waals surface area contributed by atoms with E-state index in [1.54, 1.807) is 11.3 Å². The molecule has 3 heterocycles. The molecule has 7 heteroatoms. The number of ether oxygens (including phenoxy) is 1. The summed E-state index contributed by atoms with van der Waals surface area (Å²) in [6.45, 7) is 7.56. The van der Waals surface area contributed by atoms with Crippen LogP contribution in [0.4, 0.5) is 5.69 Å². The van der Waals surface area contributed by atoms with Gasteiger partial charge in [-0.25, -0.2) is 4.98 Å². The molecule has 0 radical (unpaired) electrons. The van der Waals surface area contributed by atoms with E-state index in [0.717, 1.165) is 45.7 Å². The second kappa shape index (κ2) is 8.32. The van der Waals surface area contributed by atoms with Gasteiger partial charge in [0.1, 0.15) is 15.6 Å². The predicted molar refractivity (Wildman–Crippen MR) is 116 cm³/mol. The van der Waals surface area contributed by atoms with E-state index in [1.165, 1.54) is 11.3 Å². The Morgan fingerprint density at radius 3 is 2.68 bits per heavy atom. The van der Waals surface area contributed by atoms with Crippen LogP contribution in [0.15, 0.2) is 41.1 Å². The smallest absolute Gasteiger partial charge is 0.265 e. The zero-order chi connectivity index (χ0) is 19.5. The number of benzene rings is 1. The maximum atomic E-state index is 13.1. The number of para-hydroxylation sites is 2. The van der Waals surface area contributed by atoms with Gasteiger partial charge in [0, 0.05) is 37.1 Å². The molecule has 1 fully saturated rings. The molecule has 0 aliphatic carbocycles. The number of aromatic nitrogens is 1. The third-order valence-electron chi connectivity index (χ3n) is 4.83. The van der Waals surface area contributed by atoms with Crippen LogP contribution in [0.3, 0.4) is 0 Å². The number of rotatable bonds is 5. The molecule has 4 rings (SSSR count). The van der Waals surface area contributed by atoms with Crippen molar-refractivity contribution in [2.45, 2.75) is 13.8 Å². The van der Waals surface area contributed by atoms with Crippen molar-refractivity contribution in [2.75, 3.05) is 37.7 Å². The van der Waals surface area contributed by atoms with E-state index < -0.39 is 0 Å². The first kappa shape index (κ1) is 19.0. The zero-order valence-electron chi connectivity index (χ0n) is 16.1. The van der Waals surface area contributed by atoms with Crippen LogP contribution in [0.1, 0.15) is 22.3 Å². The molecule has 2 aromatic heterocycles. The Morgan fingerprint density at radius 1 is 1.18 bits per heavy atom. The molecule has 0 unspecified atom stereocenters. The third-order valence-corrected chi connectivity index (χ3v) is 6.71. The highest BCUT2D eigenvalue weighted by Crippen LogP contribution is 2.32. The Bertz CT molecular complexity index is 944. The summed E-state index contributed by atoms with van der Waals surface area (Å²) in [4.78, 5) is 22.7. The van der Waals surface area contributed by atoms with Crippen LogP contribution in [0.2, 0.25) is 0 Å². The lowest BCUT2D eigenvalue weighted by molar-refractivity contribution is 0.0750. The van der Waals surface area contributed by atoms with Gasteiger partial charge in [-0.2, -0.15) is 11.3 Å². The molecule has 1 aromatic carbocycles. The number of anilines is 1.